The number of rotatable bonds is 5. The van der Waals surface area contributed by atoms with Gasteiger partial charge in [0.15, 0.2) is 18.2 Å². The maximum atomic E-state index is 15.0. The van der Waals surface area contributed by atoms with Gasteiger partial charge in [0.25, 0.3) is 11.8 Å². The van der Waals surface area contributed by atoms with E-state index in [4.69, 9.17) is 21.7 Å². The number of thioether (sulfide) groups is 1. The Labute approximate surface area is 218 Å². The Balaban J connectivity index is 1.72. The first kappa shape index (κ1) is 25.8. The number of anilines is 1. The number of hydrogen-bond donors (Lipinski definition) is 1. The van der Waals surface area contributed by atoms with Crippen LogP contribution in [0, 0.1) is 5.82 Å². The molecule has 0 spiro atoms. The van der Waals surface area contributed by atoms with Crippen LogP contribution in [0.3, 0.4) is 0 Å². The number of nitrogens with zero attached hydrogens (tertiary/aromatic N) is 1. The van der Waals surface area contributed by atoms with Crippen LogP contribution in [0.4, 0.5) is 10.1 Å². The second kappa shape index (κ2) is 10.0. The van der Waals surface area contributed by atoms with E-state index in [9.17, 15) is 14.4 Å². The van der Waals surface area contributed by atoms with E-state index in [1.165, 1.54) is 24.0 Å². The Morgan fingerprint density at radius 2 is 1.94 bits per heavy atom. The third kappa shape index (κ3) is 5.76. The number of carbonyl (C=O) groups excluding carboxylic acids is 3. The number of halogens is 1. The molecule has 1 fully saturated rings. The fourth-order valence-electron chi connectivity index (χ4n) is 3.86. The summed E-state index contributed by atoms with van der Waals surface area (Å²) in [7, 11) is 0. The fourth-order valence-corrected chi connectivity index (χ4v) is 4.90. The van der Waals surface area contributed by atoms with Crippen molar-refractivity contribution < 1.29 is 28.2 Å². The van der Waals surface area contributed by atoms with Crippen molar-refractivity contribution in [3.63, 3.8) is 0 Å². The van der Waals surface area contributed by atoms with Gasteiger partial charge >= 0.3 is 5.97 Å². The van der Waals surface area contributed by atoms with Gasteiger partial charge in [-0.3, -0.25) is 14.4 Å². The number of esters is 1. The van der Waals surface area contributed by atoms with E-state index < -0.39 is 5.82 Å². The van der Waals surface area contributed by atoms with Crippen LogP contribution < -0.4 is 15.0 Å². The van der Waals surface area contributed by atoms with Crippen molar-refractivity contribution >= 4 is 57.8 Å². The molecule has 2 aromatic rings. The second-order valence-corrected chi connectivity index (χ2v) is 11.3. The first-order valence-corrected chi connectivity index (χ1v) is 12.4. The summed E-state index contributed by atoms with van der Waals surface area (Å²) in [6, 6.07) is 8.70. The molecule has 2 amide bonds. The van der Waals surface area contributed by atoms with Crippen molar-refractivity contribution in [2.45, 2.75) is 46.3 Å². The number of ether oxygens (including phenoxy) is 2. The third-order valence-electron chi connectivity index (χ3n) is 5.62. The number of hydrogen-bond acceptors (Lipinski definition) is 7. The van der Waals surface area contributed by atoms with Crippen LogP contribution in [-0.2, 0) is 37.7 Å². The maximum absolute atomic E-state index is 15.0. The van der Waals surface area contributed by atoms with E-state index in [2.05, 4.69) is 26.1 Å². The normalized spacial score (nSPS) is 16.6. The Bertz CT molecular complexity index is 1320. The van der Waals surface area contributed by atoms with Crippen LogP contribution in [0.5, 0.6) is 5.75 Å². The average Bonchev–Trinajstić information content (AvgIpc) is 3.10. The molecular formula is C26H25FN2O5S2. The zero-order valence-electron chi connectivity index (χ0n) is 20.3. The molecule has 188 valence electrons. The first-order chi connectivity index (χ1) is 16.9. The highest BCUT2D eigenvalue weighted by Gasteiger charge is 2.30. The minimum absolute atomic E-state index is 0.0251. The molecule has 10 heteroatoms. The summed E-state index contributed by atoms with van der Waals surface area (Å²) >= 11 is 6.10. The van der Waals surface area contributed by atoms with Gasteiger partial charge in [0.1, 0.15) is 10.9 Å². The van der Waals surface area contributed by atoms with Crippen LogP contribution in [0.25, 0.3) is 6.08 Å². The van der Waals surface area contributed by atoms with Crippen LogP contribution in [0.2, 0.25) is 0 Å². The highest BCUT2D eigenvalue weighted by atomic mass is 32.2. The molecule has 0 unspecified atom stereocenters. The minimum atomic E-state index is -0.637. The Morgan fingerprint density at radius 1 is 1.22 bits per heavy atom. The second-order valence-electron chi connectivity index (χ2n) is 9.54. The molecule has 2 aromatic carbocycles. The molecule has 2 heterocycles. The smallest absolute Gasteiger partial charge is 0.302 e. The lowest BCUT2D eigenvalue weighted by atomic mass is 9.85. The number of fused-ring (bicyclic) bond motifs is 1. The SMILES string of the molecule is CC(=O)OCc1cc(CN2C(=O)COc3c(F)cc(/C=C4\SC(=S)NC4=O)cc32)cc(C(C)(C)C)c1. The quantitative estimate of drug-likeness (QED) is 0.345. The highest BCUT2D eigenvalue weighted by Crippen LogP contribution is 2.38. The van der Waals surface area contributed by atoms with E-state index in [0.29, 0.717) is 14.8 Å². The van der Waals surface area contributed by atoms with Gasteiger partial charge in [0.05, 0.1) is 17.1 Å². The van der Waals surface area contributed by atoms with E-state index in [-0.39, 0.29) is 54.4 Å². The number of amides is 2. The number of nitrogens with one attached hydrogen (secondary N) is 1. The summed E-state index contributed by atoms with van der Waals surface area (Å²) in [5, 5.41) is 2.53. The topological polar surface area (TPSA) is 84.9 Å². The average molecular weight is 529 g/mol. The number of benzene rings is 2. The molecule has 4 rings (SSSR count). The van der Waals surface area contributed by atoms with Gasteiger partial charge in [-0.25, -0.2) is 4.39 Å². The third-order valence-corrected chi connectivity index (χ3v) is 6.78. The number of thiocarbonyl (C=S) groups is 1. The molecule has 0 bridgehead atoms. The van der Waals surface area contributed by atoms with Gasteiger partial charge in [-0.15, -0.1) is 0 Å². The Kier molecular flexibility index (Phi) is 7.19. The van der Waals surface area contributed by atoms with Gasteiger partial charge in [-0.2, -0.15) is 0 Å². The molecule has 36 heavy (non-hydrogen) atoms. The molecule has 1 saturated heterocycles. The van der Waals surface area contributed by atoms with Gasteiger partial charge in [-0.05, 0) is 45.9 Å². The standard InChI is InChI=1S/C26H25FN2O5S2/c1-14(30)33-12-17-5-16(6-18(7-17)26(2,3)4)11-29-20-9-15(10-21-24(32)28-25(35)36-21)8-19(27)23(20)34-13-22(29)31/h5-10H,11-13H2,1-4H3,(H,28,32,35)/b21-10-. The summed E-state index contributed by atoms with van der Waals surface area (Å²) in [4.78, 5) is 38.1. The molecule has 0 atom stereocenters. The minimum Gasteiger partial charge on any atom is -0.478 e. The Morgan fingerprint density at radius 3 is 2.58 bits per heavy atom. The van der Waals surface area contributed by atoms with Gasteiger partial charge in [0.2, 0.25) is 0 Å². The van der Waals surface area contributed by atoms with E-state index in [1.54, 1.807) is 6.07 Å². The molecule has 2 aliphatic heterocycles. The van der Waals surface area contributed by atoms with Gasteiger partial charge in [0, 0.05) is 6.92 Å². The highest BCUT2D eigenvalue weighted by molar-refractivity contribution is 8.26. The van der Waals surface area contributed by atoms with Crippen molar-refractivity contribution in [3.05, 3.63) is 63.3 Å². The van der Waals surface area contributed by atoms with E-state index in [0.717, 1.165) is 28.5 Å². The molecule has 2 aliphatic rings. The van der Waals surface area contributed by atoms with Crippen molar-refractivity contribution in [1.29, 1.82) is 0 Å². The summed E-state index contributed by atoms with van der Waals surface area (Å²) in [6.45, 7) is 7.51. The monoisotopic (exact) mass is 528 g/mol. The van der Waals surface area contributed by atoms with Crippen molar-refractivity contribution in [1.82, 2.24) is 5.32 Å². The van der Waals surface area contributed by atoms with E-state index >= 15 is 4.39 Å². The summed E-state index contributed by atoms with van der Waals surface area (Å²) in [6.07, 6.45) is 1.53. The van der Waals surface area contributed by atoms with E-state index in [1.807, 2.05) is 18.2 Å². The summed E-state index contributed by atoms with van der Waals surface area (Å²) in [5.41, 5.74) is 3.07. The molecule has 0 saturated carbocycles. The summed E-state index contributed by atoms with van der Waals surface area (Å²) < 4.78 is 25.9. The van der Waals surface area contributed by atoms with Crippen molar-refractivity contribution in [2.24, 2.45) is 0 Å². The van der Waals surface area contributed by atoms with Crippen molar-refractivity contribution in [2.75, 3.05) is 11.5 Å². The largest absolute Gasteiger partial charge is 0.478 e. The fraction of sp³-hybridized carbons (Fsp3) is 0.308. The lowest BCUT2D eigenvalue weighted by molar-refractivity contribution is -0.142. The maximum Gasteiger partial charge on any atom is 0.302 e. The van der Waals surface area contributed by atoms with Crippen LogP contribution in [0.1, 0.15) is 49.9 Å². The first-order valence-electron chi connectivity index (χ1n) is 11.2. The lowest BCUT2D eigenvalue weighted by Gasteiger charge is -2.31. The van der Waals surface area contributed by atoms with Gasteiger partial charge < -0.3 is 19.7 Å². The van der Waals surface area contributed by atoms with Crippen molar-refractivity contribution in [3.8, 4) is 5.75 Å². The molecule has 1 N–H and O–H groups in total. The van der Waals surface area contributed by atoms with Crippen LogP contribution in [-0.4, -0.2) is 28.7 Å². The number of carbonyl (C=O) groups is 3. The van der Waals surface area contributed by atoms with Crippen LogP contribution in [0.15, 0.2) is 35.2 Å². The molecular weight excluding hydrogens is 503 g/mol. The zero-order valence-corrected chi connectivity index (χ0v) is 21.9. The van der Waals surface area contributed by atoms with Gasteiger partial charge in [-0.1, -0.05) is 63.0 Å². The predicted octanol–water partition coefficient (Wildman–Crippen LogP) is 4.60. The van der Waals surface area contributed by atoms with Crippen LogP contribution >= 0.6 is 24.0 Å². The Hall–Kier alpha value is -3.24. The molecule has 0 aromatic heterocycles. The molecule has 0 aliphatic carbocycles. The molecule has 7 nitrogen and oxygen atoms in total. The summed E-state index contributed by atoms with van der Waals surface area (Å²) in [5.74, 6) is -1.73. The lowest BCUT2D eigenvalue weighted by Crippen LogP contribution is -2.38. The molecule has 0 radical (unpaired) electrons. The predicted molar refractivity (Wildman–Crippen MR) is 140 cm³/mol. The zero-order chi connectivity index (χ0) is 26.2.